The van der Waals surface area contributed by atoms with E-state index < -0.39 is 0 Å². The maximum Gasteiger partial charge on any atom is 0.248 e. The van der Waals surface area contributed by atoms with Gasteiger partial charge in [-0.05, 0) is 43.5 Å². The second-order valence-electron chi connectivity index (χ2n) is 5.62. The van der Waals surface area contributed by atoms with Gasteiger partial charge in [0.05, 0.1) is 0 Å². The number of nitrogens with zero attached hydrogens (tertiary/aromatic N) is 3. The van der Waals surface area contributed by atoms with Crippen LogP contribution in [0.2, 0.25) is 0 Å². The van der Waals surface area contributed by atoms with Crippen molar-refractivity contribution in [1.82, 2.24) is 9.97 Å². The number of nitrogen functional groups attached to an aromatic ring is 1. The van der Waals surface area contributed by atoms with Crippen molar-refractivity contribution in [1.29, 1.82) is 0 Å². The van der Waals surface area contributed by atoms with Gasteiger partial charge in [-0.2, -0.15) is 4.98 Å². The molecule has 1 heterocycles. The Balaban J connectivity index is 2.24. The number of aryl methyl sites for hydroxylation is 2. The largest absolute Gasteiger partial charge is 0.437 e. The molecule has 2 aromatic rings. The highest BCUT2D eigenvalue weighted by atomic mass is 16.5. The standard InChI is InChI=1S/C17H24N4O/c1-5-6-7-21(4)16-15(18)17(20-11-19-16)22-14-9-12(2)8-13(3)10-14/h8-11H,5-7,18H2,1-4H3. The predicted molar refractivity (Wildman–Crippen MR) is 90.6 cm³/mol. The molecule has 0 radical (unpaired) electrons. The summed E-state index contributed by atoms with van der Waals surface area (Å²) in [6.45, 7) is 7.13. The van der Waals surface area contributed by atoms with Crippen LogP contribution < -0.4 is 15.4 Å². The second-order valence-corrected chi connectivity index (χ2v) is 5.62. The number of nitrogens with two attached hydrogens (primary N) is 1. The molecule has 0 saturated carbocycles. The normalized spacial score (nSPS) is 10.5. The van der Waals surface area contributed by atoms with Crippen LogP contribution in [-0.2, 0) is 0 Å². The van der Waals surface area contributed by atoms with Gasteiger partial charge in [0.25, 0.3) is 0 Å². The fourth-order valence-corrected chi connectivity index (χ4v) is 2.36. The molecule has 118 valence electrons. The Kier molecular flexibility index (Phi) is 5.20. The van der Waals surface area contributed by atoms with Gasteiger partial charge in [-0.15, -0.1) is 0 Å². The zero-order chi connectivity index (χ0) is 16.1. The molecule has 0 unspecified atom stereocenters. The third kappa shape index (κ3) is 3.87. The minimum Gasteiger partial charge on any atom is -0.437 e. The number of rotatable bonds is 6. The molecule has 0 spiro atoms. The van der Waals surface area contributed by atoms with Gasteiger partial charge >= 0.3 is 0 Å². The number of hydrogen-bond acceptors (Lipinski definition) is 5. The zero-order valence-corrected chi connectivity index (χ0v) is 13.8. The zero-order valence-electron chi connectivity index (χ0n) is 13.8. The molecule has 1 aromatic heterocycles. The van der Waals surface area contributed by atoms with Crippen LogP contribution in [0.5, 0.6) is 11.6 Å². The van der Waals surface area contributed by atoms with Crippen LogP contribution in [0.3, 0.4) is 0 Å². The number of ether oxygens (including phenoxy) is 1. The average molecular weight is 300 g/mol. The van der Waals surface area contributed by atoms with Crippen LogP contribution in [-0.4, -0.2) is 23.6 Å². The number of anilines is 2. The van der Waals surface area contributed by atoms with Gasteiger partial charge in [-0.1, -0.05) is 19.4 Å². The average Bonchev–Trinajstić information content (AvgIpc) is 2.46. The van der Waals surface area contributed by atoms with Crippen LogP contribution in [0.15, 0.2) is 24.5 Å². The number of unbranched alkanes of at least 4 members (excludes halogenated alkanes) is 1. The molecule has 0 atom stereocenters. The van der Waals surface area contributed by atoms with Crippen molar-refractivity contribution < 1.29 is 4.74 Å². The highest BCUT2D eigenvalue weighted by molar-refractivity contribution is 5.68. The molecule has 2 rings (SSSR count). The van der Waals surface area contributed by atoms with E-state index in [1.165, 1.54) is 6.33 Å². The summed E-state index contributed by atoms with van der Waals surface area (Å²) in [6.07, 6.45) is 3.71. The molecular formula is C17H24N4O. The fraction of sp³-hybridized carbons (Fsp3) is 0.412. The Morgan fingerprint density at radius 3 is 2.45 bits per heavy atom. The first kappa shape index (κ1) is 16.1. The monoisotopic (exact) mass is 300 g/mol. The van der Waals surface area contributed by atoms with Gasteiger partial charge in [0, 0.05) is 13.6 Å². The SMILES string of the molecule is CCCCN(C)c1ncnc(Oc2cc(C)cc(C)c2)c1N. The Morgan fingerprint density at radius 2 is 1.82 bits per heavy atom. The first-order valence-electron chi connectivity index (χ1n) is 7.59. The summed E-state index contributed by atoms with van der Waals surface area (Å²) in [7, 11) is 1.98. The van der Waals surface area contributed by atoms with Crippen LogP contribution in [0.25, 0.3) is 0 Å². The smallest absolute Gasteiger partial charge is 0.248 e. The number of hydrogen-bond donors (Lipinski definition) is 1. The molecule has 0 saturated heterocycles. The van der Waals surface area contributed by atoms with E-state index in [4.69, 9.17) is 10.5 Å². The van der Waals surface area contributed by atoms with Gasteiger partial charge in [-0.3, -0.25) is 0 Å². The Morgan fingerprint density at radius 1 is 1.14 bits per heavy atom. The quantitative estimate of drug-likeness (QED) is 0.881. The van der Waals surface area contributed by atoms with Gasteiger partial charge in [0.1, 0.15) is 17.8 Å². The summed E-state index contributed by atoms with van der Waals surface area (Å²) < 4.78 is 5.86. The highest BCUT2D eigenvalue weighted by Gasteiger charge is 2.13. The first-order valence-corrected chi connectivity index (χ1v) is 7.59. The highest BCUT2D eigenvalue weighted by Crippen LogP contribution is 2.31. The molecule has 0 amide bonds. The maximum atomic E-state index is 6.19. The number of benzene rings is 1. The van der Waals surface area contributed by atoms with E-state index >= 15 is 0 Å². The van der Waals surface area contributed by atoms with Crippen molar-refractivity contribution in [2.75, 3.05) is 24.2 Å². The molecule has 1 aromatic carbocycles. The lowest BCUT2D eigenvalue weighted by atomic mass is 10.1. The Bertz CT molecular complexity index is 622. The van der Waals surface area contributed by atoms with Crippen molar-refractivity contribution in [3.8, 4) is 11.6 Å². The minimum atomic E-state index is 0.401. The molecule has 0 aliphatic heterocycles. The lowest BCUT2D eigenvalue weighted by Crippen LogP contribution is -2.21. The molecule has 0 bridgehead atoms. The Labute approximate surface area is 132 Å². The summed E-state index contributed by atoms with van der Waals surface area (Å²) >= 11 is 0. The van der Waals surface area contributed by atoms with Gasteiger partial charge in [0.2, 0.25) is 5.88 Å². The van der Waals surface area contributed by atoms with Gasteiger partial charge in [0.15, 0.2) is 5.82 Å². The van der Waals surface area contributed by atoms with Gasteiger partial charge in [-0.25, -0.2) is 4.98 Å². The topological polar surface area (TPSA) is 64.3 Å². The van der Waals surface area contributed by atoms with E-state index in [1.54, 1.807) is 0 Å². The number of aromatic nitrogens is 2. The maximum absolute atomic E-state index is 6.19. The molecule has 0 fully saturated rings. The molecule has 2 N–H and O–H groups in total. The molecule has 0 aliphatic rings. The lowest BCUT2D eigenvalue weighted by Gasteiger charge is -2.20. The van der Waals surface area contributed by atoms with Crippen molar-refractivity contribution in [2.45, 2.75) is 33.6 Å². The molecule has 22 heavy (non-hydrogen) atoms. The summed E-state index contributed by atoms with van der Waals surface area (Å²) in [4.78, 5) is 10.5. The van der Waals surface area contributed by atoms with E-state index in [-0.39, 0.29) is 0 Å². The van der Waals surface area contributed by atoms with Crippen LogP contribution in [0, 0.1) is 13.8 Å². The minimum absolute atomic E-state index is 0.401. The van der Waals surface area contributed by atoms with E-state index in [0.717, 1.165) is 36.3 Å². The molecule has 0 aliphatic carbocycles. The van der Waals surface area contributed by atoms with Crippen molar-refractivity contribution in [3.63, 3.8) is 0 Å². The van der Waals surface area contributed by atoms with E-state index in [0.29, 0.717) is 17.4 Å². The lowest BCUT2D eigenvalue weighted by molar-refractivity contribution is 0.463. The first-order chi connectivity index (χ1) is 10.5. The summed E-state index contributed by atoms with van der Waals surface area (Å²) in [5.74, 6) is 1.85. The second kappa shape index (κ2) is 7.11. The summed E-state index contributed by atoms with van der Waals surface area (Å²) in [5.41, 5.74) is 8.94. The van der Waals surface area contributed by atoms with Gasteiger partial charge < -0.3 is 15.4 Å². The third-order valence-electron chi connectivity index (χ3n) is 3.44. The van der Waals surface area contributed by atoms with Crippen LogP contribution >= 0.6 is 0 Å². The molecule has 5 heteroatoms. The summed E-state index contributed by atoms with van der Waals surface area (Å²) in [6, 6.07) is 6.03. The van der Waals surface area contributed by atoms with Crippen LogP contribution in [0.4, 0.5) is 11.5 Å². The molecule has 5 nitrogen and oxygen atoms in total. The third-order valence-corrected chi connectivity index (χ3v) is 3.44. The fourth-order valence-electron chi connectivity index (χ4n) is 2.36. The van der Waals surface area contributed by atoms with Crippen molar-refractivity contribution in [2.24, 2.45) is 0 Å². The van der Waals surface area contributed by atoms with Crippen molar-refractivity contribution >= 4 is 11.5 Å². The van der Waals surface area contributed by atoms with E-state index in [9.17, 15) is 0 Å². The predicted octanol–water partition coefficient (Wildman–Crippen LogP) is 3.70. The van der Waals surface area contributed by atoms with E-state index in [1.807, 2.05) is 37.9 Å². The van der Waals surface area contributed by atoms with Crippen LogP contribution in [0.1, 0.15) is 30.9 Å². The summed E-state index contributed by atoms with van der Waals surface area (Å²) in [5, 5.41) is 0. The molecular weight excluding hydrogens is 276 g/mol. The van der Waals surface area contributed by atoms with Crippen molar-refractivity contribution in [3.05, 3.63) is 35.7 Å². The van der Waals surface area contributed by atoms with E-state index in [2.05, 4.69) is 23.0 Å². The Hall–Kier alpha value is -2.30.